The lowest BCUT2D eigenvalue weighted by atomic mass is 10.1. The first-order valence-corrected chi connectivity index (χ1v) is 17.0. The first-order chi connectivity index (χ1) is 21.0. The van der Waals surface area contributed by atoms with Gasteiger partial charge in [0.2, 0.25) is 5.91 Å². The average Bonchev–Trinajstić information content (AvgIpc) is 3.62. The van der Waals surface area contributed by atoms with Gasteiger partial charge in [-0.15, -0.1) is 11.3 Å². The lowest BCUT2D eigenvalue weighted by molar-refractivity contribution is -0.129. The first-order valence-electron chi connectivity index (χ1n) is 14.1. The van der Waals surface area contributed by atoms with Gasteiger partial charge in [-0.3, -0.25) is 19.4 Å². The fourth-order valence-corrected chi connectivity index (χ4v) is 7.23. The number of aromatic nitrogens is 1. The van der Waals surface area contributed by atoms with Crippen molar-refractivity contribution in [2.75, 3.05) is 41.9 Å². The number of likely N-dealkylation sites (tertiary alicyclic amines) is 1. The van der Waals surface area contributed by atoms with Gasteiger partial charge in [0.25, 0.3) is 5.91 Å². The summed E-state index contributed by atoms with van der Waals surface area (Å²) in [6.07, 6.45) is 3.20. The quantitative estimate of drug-likeness (QED) is 0.293. The van der Waals surface area contributed by atoms with Gasteiger partial charge in [0.1, 0.15) is 31.0 Å². The summed E-state index contributed by atoms with van der Waals surface area (Å²) < 4.78 is 28.9. The number of para-hydroxylation sites is 1. The van der Waals surface area contributed by atoms with E-state index in [9.17, 15) is 22.8 Å². The maximum atomic E-state index is 13.9. The van der Waals surface area contributed by atoms with Crippen LogP contribution in [0.1, 0.15) is 28.1 Å². The van der Waals surface area contributed by atoms with E-state index in [-0.39, 0.29) is 36.1 Å². The molecule has 0 radical (unpaired) electrons. The second-order valence-electron chi connectivity index (χ2n) is 11.0. The smallest absolute Gasteiger partial charge is 0.333 e. The molecular weight excluding hydrogens is 603 g/mol. The predicted molar refractivity (Wildman–Crippen MR) is 170 cm³/mol. The van der Waals surface area contributed by atoms with E-state index in [2.05, 4.69) is 10.3 Å². The molecular formula is C31H31N5O6S2. The molecule has 4 aromatic rings. The zero-order valence-electron chi connectivity index (χ0n) is 24.4. The monoisotopic (exact) mass is 633 g/mol. The van der Waals surface area contributed by atoms with Gasteiger partial charge in [-0.1, -0.05) is 18.2 Å². The van der Waals surface area contributed by atoms with Crippen molar-refractivity contribution in [1.82, 2.24) is 15.2 Å². The number of rotatable bonds is 8. The number of carbonyl (C=O) groups is 3. The van der Waals surface area contributed by atoms with Crippen LogP contribution in [0.15, 0.2) is 60.8 Å². The second kappa shape index (κ2) is 11.5. The Morgan fingerprint density at radius 2 is 1.86 bits per heavy atom. The Bertz CT molecular complexity index is 1890. The largest absolute Gasteiger partial charge is 0.457 e. The van der Waals surface area contributed by atoms with Crippen molar-refractivity contribution >= 4 is 66.3 Å². The van der Waals surface area contributed by atoms with Crippen molar-refractivity contribution in [3.63, 3.8) is 0 Å². The Hall–Kier alpha value is -4.49. The Balaban J connectivity index is 1.25. The van der Waals surface area contributed by atoms with Crippen LogP contribution in [0.25, 0.3) is 10.2 Å². The van der Waals surface area contributed by atoms with Gasteiger partial charge in [-0.05, 0) is 55.3 Å². The van der Waals surface area contributed by atoms with Crippen LogP contribution >= 0.6 is 11.3 Å². The molecule has 1 fully saturated rings. The molecule has 0 aliphatic carbocycles. The number of benzene rings is 2. The average molecular weight is 634 g/mol. The van der Waals surface area contributed by atoms with Crippen LogP contribution in [-0.4, -0.2) is 74.3 Å². The summed E-state index contributed by atoms with van der Waals surface area (Å²) in [7, 11) is -1.60. The van der Waals surface area contributed by atoms with Gasteiger partial charge in [-0.2, -0.15) is 0 Å². The van der Waals surface area contributed by atoms with Gasteiger partial charge >= 0.3 is 6.03 Å². The van der Waals surface area contributed by atoms with Crippen LogP contribution in [0.5, 0.6) is 11.5 Å². The predicted octanol–water partition coefficient (Wildman–Crippen LogP) is 4.87. The van der Waals surface area contributed by atoms with Crippen LogP contribution in [0, 0.1) is 6.92 Å². The first kappa shape index (κ1) is 29.6. The number of pyridine rings is 1. The molecule has 44 heavy (non-hydrogen) atoms. The lowest BCUT2D eigenvalue weighted by Crippen LogP contribution is -2.43. The molecule has 4 heterocycles. The highest BCUT2D eigenvalue weighted by Gasteiger charge is 2.38. The Morgan fingerprint density at radius 3 is 2.59 bits per heavy atom. The zero-order valence-corrected chi connectivity index (χ0v) is 26.1. The number of amides is 4. The van der Waals surface area contributed by atoms with Crippen molar-refractivity contribution in [2.45, 2.75) is 25.8 Å². The van der Waals surface area contributed by atoms with E-state index in [1.807, 2.05) is 55.5 Å². The molecule has 0 saturated carbocycles. The van der Waals surface area contributed by atoms with Crippen molar-refractivity contribution in [2.24, 2.45) is 0 Å². The highest BCUT2D eigenvalue weighted by atomic mass is 32.2. The molecule has 13 heteroatoms. The zero-order chi connectivity index (χ0) is 31.2. The number of ether oxygens (including phenoxy) is 1. The fraction of sp³-hybridized carbons (Fsp3) is 0.290. The number of thiophene rings is 1. The molecule has 2 aliphatic heterocycles. The van der Waals surface area contributed by atoms with E-state index in [0.29, 0.717) is 63.2 Å². The van der Waals surface area contributed by atoms with Crippen LogP contribution in [-0.2, 0) is 14.6 Å². The van der Waals surface area contributed by atoms with Crippen molar-refractivity contribution in [3.05, 3.63) is 71.2 Å². The normalized spacial score (nSPS) is 16.5. The summed E-state index contributed by atoms with van der Waals surface area (Å²) in [4.78, 5) is 50.2. The van der Waals surface area contributed by atoms with Gasteiger partial charge in [0.15, 0.2) is 0 Å². The second-order valence-corrected chi connectivity index (χ2v) is 14.3. The van der Waals surface area contributed by atoms with Gasteiger partial charge in [0.05, 0.1) is 28.2 Å². The van der Waals surface area contributed by atoms with Gasteiger partial charge in [-0.25, -0.2) is 18.2 Å². The number of anilines is 3. The van der Waals surface area contributed by atoms with E-state index in [0.717, 1.165) is 11.8 Å². The Labute approximate surface area is 259 Å². The number of sulfone groups is 1. The standard InChI is InChI=1S/C31H31N5O6S2/c1-19-17-22(42-21-7-5-4-6-8-21)9-10-23(19)36-24-11-14-32-30-26(24)27(34(2)31(36)39)28(43-30)29(38)33-20-12-15-35(18-20)25(37)13-16-44(3,40)41/h4-11,14,17,20H,12-13,15-16,18H2,1-3H3,(H,33,38)/t20-/m1/s1. The summed E-state index contributed by atoms with van der Waals surface area (Å²) in [6.45, 7) is 2.64. The van der Waals surface area contributed by atoms with E-state index < -0.39 is 9.84 Å². The minimum absolute atomic E-state index is 0.0833. The number of aryl methyl sites for hydroxylation is 1. The topological polar surface area (TPSA) is 129 Å². The van der Waals surface area contributed by atoms with Crippen LogP contribution < -0.4 is 19.9 Å². The lowest BCUT2D eigenvalue weighted by Gasteiger charge is -2.34. The third kappa shape index (κ3) is 5.72. The summed E-state index contributed by atoms with van der Waals surface area (Å²) >= 11 is 1.21. The number of nitrogens with one attached hydrogen (secondary N) is 1. The summed E-state index contributed by atoms with van der Waals surface area (Å²) in [5.74, 6) is 0.548. The highest BCUT2D eigenvalue weighted by molar-refractivity contribution is 7.90. The molecule has 1 saturated heterocycles. The van der Waals surface area contributed by atoms with E-state index in [4.69, 9.17) is 4.74 Å². The molecule has 4 amide bonds. The minimum atomic E-state index is -3.25. The molecule has 228 valence electrons. The number of urea groups is 1. The van der Waals surface area contributed by atoms with Crippen LogP contribution in [0.4, 0.5) is 21.9 Å². The highest BCUT2D eigenvalue weighted by Crippen LogP contribution is 2.48. The maximum absolute atomic E-state index is 13.9. The number of carbonyl (C=O) groups excluding carboxylic acids is 3. The van der Waals surface area contributed by atoms with E-state index in [1.165, 1.54) is 16.2 Å². The van der Waals surface area contributed by atoms with Gasteiger partial charge in [0, 0.05) is 45.1 Å². The maximum Gasteiger partial charge on any atom is 0.333 e. The summed E-state index contributed by atoms with van der Waals surface area (Å²) in [5.41, 5.74) is 2.64. The molecule has 2 aromatic carbocycles. The molecule has 0 unspecified atom stereocenters. The van der Waals surface area contributed by atoms with Crippen molar-refractivity contribution in [3.8, 4) is 11.5 Å². The molecule has 1 atom stereocenters. The van der Waals surface area contributed by atoms with E-state index in [1.54, 1.807) is 29.1 Å². The fourth-order valence-electron chi connectivity index (χ4n) is 5.59. The summed E-state index contributed by atoms with van der Waals surface area (Å²) in [6, 6.07) is 16.2. The Morgan fingerprint density at radius 1 is 1.09 bits per heavy atom. The van der Waals surface area contributed by atoms with E-state index >= 15 is 0 Å². The Kier molecular flexibility index (Phi) is 7.76. The third-order valence-corrected chi connectivity index (χ3v) is 9.79. The molecule has 6 rings (SSSR count). The number of nitrogens with zero attached hydrogens (tertiary/aromatic N) is 4. The van der Waals surface area contributed by atoms with Gasteiger partial charge < -0.3 is 15.0 Å². The molecule has 2 aliphatic rings. The SMILES string of the molecule is Cc1cc(Oc2ccccc2)ccc1N1C(=O)N(C)c2c(C(=O)N[C@@H]3CCN(C(=O)CCS(C)(=O)=O)C3)sc3nccc1c23. The third-order valence-electron chi connectivity index (χ3n) is 7.76. The van der Waals surface area contributed by atoms with Crippen molar-refractivity contribution in [1.29, 1.82) is 0 Å². The minimum Gasteiger partial charge on any atom is -0.457 e. The molecule has 0 spiro atoms. The molecule has 11 nitrogen and oxygen atoms in total. The van der Waals surface area contributed by atoms with Crippen LogP contribution in [0.2, 0.25) is 0 Å². The number of hydrogen-bond acceptors (Lipinski definition) is 8. The van der Waals surface area contributed by atoms with Crippen LogP contribution in [0.3, 0.4) is 0 Å². The summed E-state index contributed by atoms with van der Waals surface area (Å²) in [5, 5.41) is 3.72. The van der Waals surface area contributed by atoms with Crippen molar-refractivity contribution < 1.29 is 27.5 Å². The number of hydrogen-bond donors (Lipinski definition) is 1. The molecule has 2 aromatic heterocycles. The molecule has 0 bridgehead atoms. The molecule has 1 N–H and O–H groups in total.